The molecular weight excluding hydrogens is 390 g/mol. The van der Waals surface area contributed by atoms with E-state index >= 15 is 0 Å². The SMILES string of the molecule is O=C(CN1CCc2nc(NCCOCCl)ccc2C1)N1CCN(C2CCC2)CC1. The van der Waals surface area contributed by atoms with Crippen LogP contribution in [0.25, 0.3) is 0 Å². The van der Waals surface area contributed by atoms with Crippen LogP contribution in [0.1, 0.15) is 30.5 Å². The number of fused-ring (bicyclic) bond motifs is 1. The van der Waals surface area contributed by atoms with Crippen molar-refractivity contribution in [2.24, 2.45) is 0 Å². The van der Waals surface area contributed by atoms with E-state index in [1.807, 2.05) is 6.07 Å². The van der Waals surface area contributed by atoms with Gasteiger partial charge in [-0.25, -0.2) is 4.98 Å². The molecule has 29 heavy (non-hydrogen) atoms. The van der Waals surface area contributed by atoms with Gasteiger partial charge in [0.05, 0.1) is 13.2 Å². The van der Waals surface area contributed by atoms with Crippen molar-refractivity contribution >= 4 is 23.3 Å². The molecule has 1 N–H and O–H groups in total. The number of carbonyl (C=O) groups is 1. The van der Waals surface area contributed by atoms with Crippen molar-refractivity contribution in [1.29, 1.82) is 0 Å². The summed E-state index contributed by atoms with van der Waals surface area (Å²) in [6.45, 7) is 7.27. The molecule has 4 rings (SSSR count). The first kappa shape index (κ1) is 20.8. The number of carbonyl (C=O) groups excluding carboxylic acids is 1. The van der Waals surface area contributed by atoms with Crippen LogP contribution in [-0.2, 0) is 22.5 Å². The van der Waals surface area contributed by atoms with Gasteiger partial charge in [-0.1, -0.05) is 24.1 Å². The van der Waals surface area contributed by atoms with E-state index in [0.717, 1.165) is 63.2 Å². The van der Waals surface area contributed by atoms with Gasteiger partial charge in [-0.15, -0.1) is 0 Å². The minimum atomic E-state index is 0.212. The van der Waals surface area contributed by atoms with Crippen molar-refractivity contribution in [2.45, 2.75) is 38.3 Å². The zero-order chi connectivity index (χ0) is 20.1. The number of anilines is 1. The average molecular weight is 422 g/mol. The van der Waals surface area contributed by atoms with Gasteiger partial charge in [0.1, 0.15) is 11.9 Å². The lowest BCUT2D eigenvalue weighted by atomic mass is 9.91. The highest BCUT2D eigenvalue weighted by Crippen LogP contribution is 2.25. The minimum absolute atomic E-state index is 0.212. The molecule has 0 radical (unpaired) electrons. The molecule has 160 valence electrons. The number of amides is 1. The van der Waals surface area contributed by atoms with Crippen molar-refractivity contribution in [3.8, 4) is 0 Å². The molecule has 8 heteroatoms. The Labute approximate surface area is 178 Å². The molecular formula is C21H32ClN5O2. The minimum Gasteiger partial charge on any atom is -0.368 e. The smallest absolute Gasteiger partial charge is 0.236 e. The molecule has 1 saturated heterocycles. The number of nitrogens with zero attached hydrogens (tertiary/aromatic N) is 4. The highest BCUT2D eigenvalue weighted by atomic mass is 35.5. The predicted octanol–water partition coefficient (Wildman–Crippen LogP) is 1.76. The summed E-state index contributed by atoms with van der Waals surface area (Å²) in [6.07, 6.45) is 4.93. The Balaban J connectivity index is 1.23. The van der Waals surface area contributed by atoms with Crippen LogP contribution >= 0.6 is 11.6 Å². The van der Waals surface area contributed by atoms with Crippen LogP contribution < -0.4 is 5.32 Å². The summed E-state index contributed by atoms with van der Waals surface area (Å²) >= 11 is 5.51. The topological polar surface area (TPSA) is 60.9 Å². The zero-order valence-corrected chi connectivity index (χ0v) is 17.9. The quantitative estimate of drug-likeness (QED) is 0.510. The molecule has 1 aromatic rings. The van der Waals surface area contributed by atoms with E-state index in [1.54, 1.807) is 0 Å². The van der Waals surface area contributed by atoms with E-state index in [-0.39, 0.29) is 12.0 Å². The monoisotopic (exact) mass is 421 g/mol. The van der Waals surface area contributed by atoms with Crippen LogP contribution in [0.4, 0.5) is 5.82 Å². The first-order valence-corrected chi connectivity index (χ1v) is 11.4. The summed E-state index contributed by atoms with van der Waals surface area (Å²) in [4.78, 5) is 24.4. The highest BCUT2D eigenvalue weighted by molar-refractivity contribution is 6.17. The van der Waals surface area contributed by atoms with E-state index in [4.69, 9.17) is 21.3 Å². The molecule has 7 nitrogen and oxygen atoms in total. The molecule has 0 aromatic carbocycles. The maximum atomic E-state index is 12.8. The Hall–Kier alpha value is -1.41. The second kappa shape index (κ2) is 10.1. The standard InChI is InChI=1S/C21H32ClN5O2/c22-16-29-13-7-23-20-5-4-17-14-25(8-6-19(17)24-20)15-21(28)27-11-9-26(10-12-27)18-2-1-3-18/h4-5,18H,1-3,6-16H2,(H,23,24). The van der Waals surface area contributed by atoms with Crippen LogP contribution in [-0.4, -0.2) is 90.1 Å². The molecule has 2 aliphatic heterocycles. The molecule has 0 unspecified atom stereocenters. The molecule has 1 saturated carbocycles. The van der Waals surface area contributed by atoms with Gasteiger partial charge in [0.15, 0.2) is 0 Å². The van der Waals surface area contributed by atoms with E-state index in [0.29, 0.717) is 19.7 Å². The highest BCUT2D eigenvalue weighted by Gasteiger charge is 2.30. The van der Waals surface area contributed by atoms with Crippen LogP contribution in [0.15, 0.2) is 12.1 Å². The Bertz CT molecular complexity index is 692. The van der Waals surface area contributed by atoms with Crippen LogP contribution in [0, 0.1) is 0 Å². The number of halogens is 1. The lowest BCUT2D eigenvalue weighted by Crippen LogP contribution is -2.55. The van der Waals surface area contributed by atoms with Gasteiger partial charge in [-0.3, -0.25) is 14.6 Å². The van der Waals surface area contributed by atoms with Crippen molar-refractivity contribution in [3.05, 3.63) is 23.4 Å². The molecule has 0 bridgehead atoms. The number of pyridine rings is 1. The van der Waals surface area contributed by atoms with E-state index in [2.05, 4.69) is 26.1 Å². The molecule has 1 aromatic heterocycles. The van der Waals surface area contributed by atoms with E-state index < -0.39 is 0 Å². The molecule has 1 amide bonds. The molecule has 0 atom stereocenters. The Morgan fingerprint density at radius 1 is 1.21 bits per heavy atom. The normalized spacial score (nSPS) is 20.9. The zero-order valence-electron chi connectivity index (χ0n) is 17.1. The lowest BCUT2D eigenvalue weighted by Gasteiger charge is -2.43. The summed E-state index contributed by atoms with van der Waals surface area (Å²) in [5, 5.41) is 3.26. The molecule has 2 fully saturated rings. The number of nitrogens with one attached hydrogen (secondary N) is 1. The predicted molar refractivity (Wildman–Crippen MR) is 114 cm³/mol. The third-order valence-corrected chi connectivity index (χ3v) is 6.53. The summed E-state index contributed by atoms with van der Waals surface area (Å²) < 4.78 is 5.12. The van der Waals surface area contributed by atoms with Gasteiger partial charge in [0, 0.05) is 64.0 Å². The number of alkyl halides is 1. The van der Waals surface area contributed by atoms with Crippen molar-refractivity contribution in [2.75, 3.05) is 63.8 Å². The fraction of sp³-hybridized carbons (Fsp3) is 0.714. The molecule has 0 spiro atoms. The maximum Gasteiger partial charge on any atom is 0.236 e. The van der Waals surface area contributed by atoms with Gasteiger partial charge in [-0.05, 0) is 24.5 Å². The first-order chi connectivity index (χ1) is 14.2. The van der Waals surface area contributed by atoms with Gasteiger partial charge < -0.3 is 15.0 Å². The second-order valence-electron chi connectivity index (χ2n) is 8.21. The fourth-order valence-electron chi connectivity index (χ4n) is 4.39. The molecule has 3 heterocycles. The van der Waals surface area contributed by atoms with E-state index in [1.165, 1.54) is 24.8 Å². The summed E-state index contributed by atoms with van der Waals surface area (Å²) in [5.41, 5.74) is 2.35. The van der Waals surface area contributed by atoms with Crippen LogP contribution in [0.2, 0.25) is 0 Å². The number of hydrogen-bond acceptors (Lipinski definition) is 6. The second-order valence-corrected chi connectivity index (χ2v) is 8.43. The average Bonchev–Trinajstić information content (AvgIpc) is 2.70. The van der Waals surface area contributed by atoms with Crippen molar-refractivity contribution < 1.29 is 9.53 Å². The Morgan fingerprint density at radius 3 is 2.76 bits per heavy atom. The third kappa shape index (κ3) is 5.40. The lowest BCUT2D eigenvalue weighted by molar-refractivity contribution is -0.135. The third-order valence-electron chi connectivity index (χ3n) is 6.37. The van der Waals surface area contributed by atoms with Crippen LogP contribution in [0.3, 0.4) is 0 Å². The molecule has 1 aliphatic carbocycles. The number of ether oxygens (including phenoxy) is 1. The van der Waals surface area contributed by atoms with E-state index in [9.17, 15) is 4.79 Å². The first-order valence-electron chi connectivity index (χ1n) is 10.8. The summed E-state index contributed by atoms with van der Waals surface area (Å²) in [6, 6.07) is 5.13. The Kier molecular flexibility index (Phi) is 7.24. The van der Waals surface area contributed by atoms with Crippen molar-refractivity contribution in [3.63, 3.8) is 0 Å². The van der Waals surface area contributed by atoms with Gasteiger partial charge in [0.2, 0.25) is 5.91 Å². The summed E-state index contributed by atoms with van der Waals surface area (Å²) in [5.74, 6) is 1.14. The van der Waals surface area contributed by atoms with Gasteiger partial charge >= 0.3 is 0 Å². The van der Waals surface area contributed by atoms with Crippen LogP contribution in [0.5, 0.6) is 0 Å². The summed E-state index contributed by atoms with van der Waals surface area (Å²) in [7, 11) is 0. The fourth-order valence-corrected chi connectivity index (χ4v) is 4.50. The largest absolute Gasteiger partial charge is 0.368 e. The van der Waals surface area contributed by atoms with Gasteiger partial charge in [-0.2, -0.15) is 0 Å². The number of hydrogen-bond donors (Lipinski definition) is 1. The van der Waals surface area contributed by atoms with Gasteiger partial charge in [0.25, 0.3) is 0 Å². The van der Waals surface area contributed by atoms with Crippen molar-refractivity contribution in [1.82, 2.24) is 19.7 Å². The maximum absolute atomic E-state index is 12.8. The molecule has 3 aliphatic rings. The number of aromatic nitrogens is 1. The number of piperazine rings is 1. The number of rotatable bonds is 8. The Morgan fingerprint density at radius 2 is 2.03 bits per heavy atom.